The molecule has 0 bridgehead atoms. The summed E-state index contributed by atoms with van der Waals surface area (Å²) in [6.45, 7) is 0.426. The number of rotatable bonds is 7. The van der Waals surface area contributed by atoms with Crippen molar-refractivity contribution in [3.8, 4) is 22.9 Å². The van der Waals surface area contributed by atoms with Crippen molar-refractivity contribution in [3.05, 3.63) is 72.1 Å². The molecular formula is C25H22N6O3. The number of aromatic nitrogens is 4. The van der Waals surface area contributed by atoms with Crippen LogP contribution in [0.25, 0.3) is 33.3 Å². The van der Waals surface area contributed by atoms with E-state index >= 15 is 0 Å². The van der Waals surface area contributed by atoms with Crippen molar-refractivity contribution in [1.82, 2.24) is 19.9 Å². The first-order valence-electron chi connectivity index (χ1n) is 10.6. The molecule has 9 heteroatoms. The van der Waals surface area contributed by atoms with Crippen molar-refractivity contribution in [3.63, 3.8) is 0 Å². The number of primary amides is 1. The first kappa shape index (κ1) is 21.2. The Labute approximate surface area is 195 Å². The molecule has 0 saturated carbocycles. The molecule has 5 rings (SSSR count). The highest BCUT2D eigenvalue weighted by atomic mass is 16.5. The Morgan fingerprint density at radius 1 is 0.941 bits per heavy atom. The van der Waals surface area contributed by atoms with Crippen molar-refractivity contribution in [2.24, 2.45) is 5.73 Å². The van der Waals surface area contributed by atoms with Crippen LogP contribution in [0.5, 0.6) is 11.5 Å². The van der Waals surface area contributed by atoms with Crippen molar-refractivity contribution in [1.29, 1.82) is 0 Å². The number of nitrogens with two attached hydrogens (primary N) is 1. The summed E-state index contributed by atoms with van der Waals surface area (Å²) in [7, 11) is 3.16. The Balaban J connectivity index is 1.58. The van der Waals surface area contributed by atoms with E-state index in [0.717, 1.165) is 27.8 Å². The highest BCUT2D eigenvalue weighted by Crippen LogP contribution is 2.35. The molecule has 0 radical (unpaired) electrons. The molecule has 0 spiro atoms. The summed E-state index contributed by atoms with van der Waals surface area (Å²) in [6, 6.07) is 18.4. The van der Waals surface area contributed by atoms with Gasteiger partial charge in [0.1, 0.15) is 11.6 Å². The standard InChI is InChI=1S/C25H22N6O3/c1-33-20-11-16-19(12-21(20)34-2)30-24(15-9-7-14(8-10-15)23(26)32)31-25(16)27-13-22-28-17-5-3-4-6-18(17)29-22/h3-12H,13H2,1-2H3,(H2,26,32)(H,28,29)(H,27,30,31). The van der Waals surface area contributed by atoms with Gasteiger partial charge in [0.25, 0.3) is 0 Å². The lowest BCUT2D eigenvalue weighted by Gasteiger charge is -2.14. The second-order valence-corrected chi connectivity index (χ2v) is 7.62. The Morgan fingerprint density at radius 2 is 1.68 bits per heavy atom. The fourth-order valence-corrected chi connectivity index (χ4v) is 3.76. The number of carbonyl (C=O) groups excluding carboxylic acids is 1. The van der Waals surface area contributed by atoms with Crippen molar-refractivity contribution >= 4 is 33.7 Å². The Hall–Kier alpha value is -4.66. The van der Waals surface area contributed by atoms with E-state index in [2.05, 4.69) is 15.3 Å². The zero-order valence-corrected chi connectivity index (χ0v) is 18.6. The Kier molecular flexibility index (Phi) is 5.43. The molecule has 2 aromatic heterocycles. The van der Waals surface area contributed by atoms with Crippen LogP contribution in [0.4, 0.5) is 5.82 Å². The lowest BCUT2D eigenvalue weighted by molar-refractivity contribution is 0.100. The average molecular weight is 454 g/mol. The lowest BCUT2D eigenvalue weighted by atomic mass is 10.1. The molecule has 0 unspecified atom stereocenters. The third-order valence-corrected chi connectivity index (χ3v) is 5.49. The summed E-state index contributed by atoms with van der Waals surface area (Å²) in [5.74, 6) is 2.52. The van der Waals surface area contributed by atoms with Gasteiger partial charge in [0.05, 0.1) is 37.3 Å². The number of hydrogen-bond donors (Lipinski definition) is 3. The van der Waals surface area contributed by atoms with Gasteiger partial charge in [0.2, 0.25) is 5.91 Å². The second-order valence-electron chi connectivity index (χ2n) is 7.62. The molecule has 0 aliphatic rings. The first-order valence-corrected chi connectivity index (χ1v) is 10.6. The molecule has 4 N–H and O–H groups in total. The summed E-state index contributed by atoms with van der Waals surface area (Å²) in [4.78, 5) is 28.9. The van der Waals surface area contributed by atoms with E-state index in [1.54, 1.807) is 38.5 Å². The Bertz CT molecular complexity index is 1480. The minimum Gasteiger partial charge on any atom is -0.493 e. The predicted molar refractivity (Wildman–Crippen MR) is 130 cm³/mol. The van der Waals surface area contributed by atoms with E-state index in [0.29, 0.717) is 40.8 Å². The van der Waals surface area contributed by atoms with E-state index in [1.165, 1.54) is 0 Å². The summed E-state index contributed by atoms with van der Waals surface area (Å²) >= 11 is 0. The zero-order valence-electron chi connectivity index (χ0n) is 18.6. The van der Waals surface area contributed by atoms with Crippen LogP contribution < -0.4 is 20.5 Å². The van der Waals surface area contributed by atoms with Crippen molar-refractivity contribution in [2.45, 2.75) is 6.54 Å². The number of ether oxygens (including phenoxy) is 2. The Morgan fingerprint density at radius 3 is 2.38 bits per heavy atom. The van der Waals surface area contributed by atoms with E-state index < -0.39 is 5.91 Å². The van der Waals surface area contributed by atoms with Gasteiger partial charge in [-0.15, -0.1) is 0 Å². The van der Waals surface area contributed by atoms with Crippen LogP contribution in [-0.2, 0) is 6.54 Å². The third kappa shape index (κ3) is 3.95. The van der Waals surface area contributed by atoms with E-state index in [9.17, 15) is 4.79 Å². The molecule has 0 aliphatic carbocycles. The molecule has 3 aromatic carbocycles. The lowest BCUT2D eigenvalue weighted by Crippen LogP contribution is -2.10. The fourth-order valence-electron chi connectivity index (χ4n) is 3.76. The maximum atomic E-state index is 11.4. The van der Waals surface area contributed by atoms with Crippen LogP contribution in [0.15, 0.2) is 60.7 Å². The van der Waals surface area contributed by atoms with Crippen molar-refractivity contribution in [2.75, 3.05) is 19.5 Å². The van der Waals surface area contributed by atoms with Gasteiger partial charge in [0, 0.05) is 22.6 Å². The van der Waals surface area contributed by atoms with Crippen LogP contribution in [0, 0.1) is 0 Å². The molecule has 0 fully saturated rings. The molecule has 2 heterocycles. The maximum absolute atomic E-state index is 11.4. The van der Waals surface area contributed by atoms with Crippen LogP contribution in [0.1, 0.15) is 16.2 Å². The minimum absolute atomic E-state index is 0.416. The summed E-state index contributed by atoms with van der Waals surface area (Å²) in [5, 5.41) is 4.15. The highest BCUT2D eigenvalue weighted by molar-refractivity contribution is 5.94. The minimum atomic E-state index is -0.490. The van der Waals surface area contributed by atoms with Gasteiger partial charge in [-0.2, -0.15) is 0 Å². The number of H-pyrrole nitrogens is 1. The van der Waals surface area contributed by atoms with E-state index in [1.807, 2.05) is 36.4 Å². The number of imidazole rings is 1. The summed E-state index contributed by atoms with van der Waals surface area (Å²) in [6.07, 6.45) is 0. The van der Waals surface area contributed by atoms with Gasteiger partial charge in [0.15, 0.2) is 17.3 Å². The number of hydrogen-bond acceptors (Lipinski definition) is 7. The molecule has 1 amide bonds. The van der Waals surface area contributed by atoms with Gasteiger partial charge in [-0.3, -0.25) is 4.79 Å². The SMILES string of the molecule is COc1cc2nc(-c3ccc(C(N)=O)cc3)nc(NCc3nc4ccccc4[nH]3)c2cc1OC. The summed E-state index contributed by atoms with van der Waals surface area (Å²) in [5.41, 5.74) is 9.07. The van der Waals surface area contributed by atoms with Crippen LogP contribution in [0.3, 0.4) is 0 Å². The molecule has 5 aromatic rings. The molecular weight excluding hydrogens is 432 g/mol. The second kappa shape index (κ2) is 8.70. The number of nitrogens with zero attached hydrogens (tertiary/aromatic N) is 3. The van der Waals surface area contributed by atoms with E-state index in [4.69, 9.17) is 25.2 Å². The highest BCUT2D eigenvalue weighted by Gasteiger charge is 2.15. The average Bonchev–Trinajstić information content (AvgIpc) is 3.29. The molecule has 0 atom stereocenters. The monoisotopic (exact) mass is 454 g/mol. The summed E-state index contributed by atoms with van der Waals surface area (Å²) < 4.78 is 10.9. The van der Waals surface area contributed by atoms with Gasteiger partial charge >= 0.3 is 0 Å². The van der Waals surface area contributed by atoms with Gasteiger partial charge in [-0.25, -0.2) is 15.0 Å². The number of carbonyl (C=O) groups is 1. The molecule has 9 nitrogen and oxygen atoms in total. The van der Waals surface area contributed by atoms with E-state index in [-0.39, 0.29) is 0 Å². The van der Waals surface area contributed by atoms with Crippen LogP contribution in [-0.4, -0.2) is 40.1 Å². The number of benzene rings is 3. The number of nitrogens with one attached hydrogen (secondary N) is 2. The van der Waals surface area contributed by atoms with Crippen molar-refractivity contribution < 1.29 is 14.3 Å². The molecule has 0 saturated heterocycles. The van der Waals surface area contributed by atoms with Crippen LogP contribution >= 0.6 is 0 Å². The topological polar surface area (TPSA) is 128 Å². The zero-order chi connectivity index (χ0) is 23.7. The van der Waals surface area contributed by atoms with Gasteiger partial charge < -0.3 is 25.5 Å². The number of fused-ring (bicyclic) bond motifs is 2. The van der Waals surface area contributed by atoms with Crippen LogP contribution in [0.2, 0.25) is 0 Å². The quantitative estimate of drug-likeness (QED) is 0.340. The molecule has 170 valence electrons. The number of anilines is 1. The number of methoxy groups -OCH3 is 2. The smallest absolute Gasteiger partial charge is 0.248 e. The predicted octanol–water partition coefficient (Wildman–Crippen LogP) is 3.90. The number of aromatic amines is 1. The third-order valence-electron chi connectivity index (χ3n) is 5.49. The van der Waals surface area contributed by atoms with Gasteiger partial charge in [-0.05, 0) is 30.3 Å². The largest absolute Gasteiger partial charge is 0.493 e. The number of amides is 1. The molecule has 0 aliphatic heterocycles. The van der Waals surface area contributed by atoms with Gasteiger partial charge in [-0.1, -0.05) is 24.3 Å². The first-order chi connectivity index (χ1) is 16.6. The normalized spacial score (nSPS) is 11.0. The molecule has 34 heavy (non-hydrogen) atoms. The number of para-hydroxylation sites is 2. The fraction of sp³-hybridized carbons (Fsp3) is 0.120. The maximum Gasteiger partial charge on any atom is 0.248 e.